The van der Waals surface area contributed by atoms with Crippen LogP contribution in [-0.2, 0) is 6.42 Å². The molecule has 0 heteroatoms. The van der Waals surface area contributed by atoms with Crippen molar-refractivity contribution in [2.24, 2.45) is 5.92 Å². The van der Waals surface area contributed by atoms with Gasteiger partial charge < -0.3 is 0 Å². The van der Waals surface area contributed by atoms with Crippen LogP contribution in [0.25, 0.3) is 0 Å². The summed E-state index contributed by atoms with van der Waals surface area (Å²) in [4.78, 5) is 0. The van der Waals surface area contributed by atoms with Crippen LogP contribution in [0.3, 0.4) is 0 Å². The minimum Gasteiger partial charge on any atom is -0.0654 e. The van der Waals surface area contributed by atoms with Crippen LogP contribution in [0.2, 0.25) is 0 Å². The number of hydrogen-bond donors (Lipinski definition) is 0. The zero-order valence-corrected chi connectivity index (χ0v) is 12.8. The predicted molar refractivity (Wildman–Crippen MR) is 88.0 cm³/mol. The monoisotopic (exact) mass is 266 g/mol. The summed E-state index contributed by atoms with van der Waals surface area (Å²) in [6, 6.07) is 21.9. The number of rotatable bonds is 7. The lowest BCUT2D eigenvalue weighted by Crippen LogP contribution is -2.11. The highest BCUT2D eigenvalue weighted by Crippen LogP contribution is 2.32. The van der Waals surface area contributed by atoms with Gasteiger partial charge in [0.2, 0.25) is 0 Å². The first-order valence-electron chi connectivity index (χ1n) is 7.90. The van der Waals surface area contributed by atoms with Crippen molar-refractivity contribution in [1.82, 2.24) is 0 Å². The molecule has 0 radical (unpaired) electrons. The molecule has 0 aliphatic carbocycles. The Morgan fingerprint density at radius 2 is 1.40 bits per heavy atom. The highest BCUT2D eigenvalue weighted by atomic mass is 14.2. The Morgan fingerprint density at radius 1 is 0.800 bits per heavy atom. The van der Waals surface area contributed by atoms with Crippen LogP contribution in [0.5, 0.6) is 0 Å². The molecule has 2 atom stereocenters. The van der Waals surface area contributed by atoms with E-state index in [1.807, 2.05) is 0 Å². The van der Waals surface area contributed by atoms with Crippen molar-refractivity contribution in [2.75, 3.05) is 0 Å². The highest BCUT2D eigenvalue weighted by Gasteiger charge is 2.18. The molecule has 0 amide bonds. The molecule has 20 heavy (non-hydrogen) atoms. The van der Waals surface area contributed by atoms with Gasteiger partial charge in [0.1, 0.15) is 0 Å². The summed E-state index contributed by atoms with van der Waals surface area (Å²) in [5.41, 5.74) is 2.96. The SMILES string of the molecule is CCCC(C)C(CCc1ccccc1)c1ccccc1. The van der Waals surface area contributed by atoms with Gasteiger partial charge in [0, 0.05) is 0 Å². The zero-order valence-electron chi connectivity index (χ0n) is 12.8. The molecule has 0 aliphatic rings. The van der Waals surface area contributed by atoms with Crippen molar-refractivity contribution >= 4 is 0 Å². The summed E-state index contributed by atoms with van der Waals surface area (Å²) in [6.45, 7) is 4.70. The maximum atomic E-state index is 2.41. The van der Waals surface area contributed by atoms with Gasteiger partial charge in [0.05, 0.1) is 0 Å². The predicted octanol–water partition coefficient (Wildman–Crippen LogP) is 5.84. The van der Waals surface area contributed by atoms with Crippen molar-refractivity contribution in [3.63, 3.8) is 0 Å². The molecule has 0 spiro atoms. The minimum atomic E-state index is 0.677. The molecule has 0 saturated heterocycles. The normalized spacial score (nSPS) is 13.9. The third-order valence-electron chi connectivity index (χ3n) is 4.25. The Labute approximate surface area is 123 Å². The Hall–Kier alpha value is -1.56. The van der Waals surface area contributed by atoms with E-state index in [-0.39, 0.29) is 0 Å². The topological polar surface area (TPSA) is 0 Å². The Balaban J connectivity index is 2.07. The van der Waals surface area contributed by atoms with Crippen molar-refractivity contribution in [1.29, 1.82) is 0 Å². The maximum Gasteiger partial charge on any atom is -0.0133 e. The van der Waals surface area contributed by atoms with Crippen molar-refractivity contribution in [3.8, 4) is 0 Å². The summed E-state index contributed by atoms with van der Waals surface area (Å²) in [5.74, 6) is 1.43. The largest absolute Gasteiger partial charge is 0.0654 e. The van der Waals surface area contributed by atoms with E-state index < -0.39 is 0 Å². The quantitative estimate of drug-likeness (QED) is 0.590. The number of hydrogen-bond acceptors (Lipinski definition) is 0. The van der Waals surface area contributed by atoms with Gasteiger partial charge in [-0.05, 0) is 35.8 Å². The second-order valence-electron chi connectivity index (χ2n) is 5.81. The number of benzene rings is 2. The maximum absolute atomic E-state index is 2.41. The van der Waals surface area contributed by atoms with Crippen molar-refractivity contribution in [2.45, 2.75) is 45.4 Å². The van der Waals surface area contributed by atoms with Crippen LogP contribution in [0, 0.1) is 5.92 Å². The molecular weight excluding hydrogens is 240 g/mol. The Bertz CT molecular complexity index is 472. The first kappa shape index (κ1) is 14.8. The first-order chi connectivity index (χ1) is 9.81. The zero-order chi connectivity index (χ0) is 14.2. The smallest absolute Gasteiger partial charge is 0.0133 e. The fourth-order valence-electron chi connectivity index (χ4n) is 3.10. The molecule has 0 fully saturated rings. The summed E-state index contributed by atoms with van der Waals surface area (Å²) < 4.78 is 0. The lowest BCUT2D eigenvalue weighted by atomic mass is 9.81. The highest BCUT2D eigenvalue weighted by molar-refractivity contribution is 5.21. The summed E-state index contributed by atoms with van der Waals surface area (Å²) in [7, 11) is 0. The summed E-state index contributed by atoms with van der Waals surface area (Å²) >= 11 is 0. The van der Waals surface area contributed by atoms with Crippen LogP contribution in [-0.4, -0.2) is 0 Å². The van der Waals surface area contributed by atoms with Gasteiger partial charge in [-0.25, -0.2) is 0 Å². The molecule has 0 bridgehead atoms. The van der Waals surface area contributed by atoms with Crippen LogP contribution >= 0.6 is 0 Å². The molecular formula is C20H26. The van der Waals surface area contributed by atoms with E-state index in [1.54, 1.807) is 0 Å². The lowest BCUT2D eigenvalue weighted by molar-refractivity contribution is 0.404. The van der Waals surface area contributed by atoms with Crippen LogP contribution in [0.1, 0.15) is 50.2 Å². The van der Waals surface area contributed by atoms with E-state index in [4.69, 9.17) is 0 Å². The summed E-state index contributed by atoms with van der Waals surface area (Å²) in [5, 5.41) is 0. The molecule has 0 nitrogen and oxygen atoms in total. The third-order valence-corrected chi connectivity index (χ3v) is 4.25. The van der Waals surface area contributed by atoms with Crippen LogP contribution in [0.4, 0.5) is 0 Å². The molecule has 0 N–H and O–H groups in total. The minimum absolute atomic E-state index is 0.677. The average Bonchev–Trinajstić information content (AvgIpc) is 2.50. The molecule has 2 aromatic carbocycles. The molecule has 2 unspecified atom stereocenters. The van der Waals surface area contributed by atoms with E-state index >= 15 is 0 Å². The first-order valence-corrected chi connectivity index (χ1v) is 7.90. The summed E-state index contributed by atoms with van der Waals surface area (Å²) in [6.07, 6.45) is 5.01. The van der Waals surface area contributed by atoms with Gasteiger partial charge in [-0.2, -0.15) is 0 Å². The van der Waals surface area contributed by atoms with E-state index in [2.05, 4.69) is 74.5 Å². The molecule has 0 heterocycles. The van der Waals surface area contributed by atoms with E-state index in [0.717, 1.165) is 5.92 Å². The second-order valence-corrected chi connectivity index (χ2v) is 5.81. The van der Waals surface area contributed by atoms with Gasteiger partial charge in [0.25, 0.3) is 0 Å². The van der Waals surface area contributed by atoms with E-state index in [0.29, 0.717) is 5.92 Å². The fraction of sp³-hybridized carbons (Fsp3) is 0.400. The number of aryl methyl sites for hydroxylation is 1. The van der Waals surface area contributed by atoms with Gasteiger partial charge in [-0.3, -0.25) is 0 Å². The second kappa shape index (κ2) is 7.89. The lowest BCUT2D eigenvalue weighted by Gasteiger charge is -2.24. The van der Waals surface area contributed by atoms with Gasteiger partial charge in [-0.15, -0.1) is 0 Å². The van der Waals surface area contributed by atoms with Crippen molar-refractivity contribution in [3.05, 3.63) is 71.8 Å². The standard InChI is InChI=1S/C20H26/c1-3-10-17(2)20(19-13-8-5-9-14-19)16-15-18-11-6-4-7-12-18/h4-9,11-14,17,20H,3,10,15-16H2,1-2H3. The molecule has 0 aromatic heterocycles. The van der Waals surface area contributed by atoms with E-state index in [1.165, 1.54) is 36.8 Å². The van der Waals surface area contributed by atoms with Gasteiger partial charge >= 0.3 is 0 Å². The van der Waals surface area contributed by atoms with Gasteiger partial charge in [-0.1, -0.05) is 87.4 Å². The molecule has 2 aromatic rings. The Kier molecular flexibility index (Phi) is 5.86. The average molecular weight is 266 g/mol. The molecule has 2 rings (SSSR count). The van der Waals surface area contributed by atoms with Crippen molar-refractivity contribution < 1.29 is 0 Å². The fourth-order valence-corrected chi connectivity index (χ4v) is 3.10. The third kappa shape index (κ3) is 4.23. The Morgan fingerprint density at radius 3 is 2.00 bits per heavy atom. The van der Waals surface area contributed by atoms with E-state index in [9.17, 15) is 0 Å². The molecule has 106 valence electrons. The molecule has 0 aliphatic heterocycles. The van der Waals surface area contributed by atoms with Gasteiger partial charge in [0.15, 0.2) is 0 Å². The van der Waals surface area contributed by atoms with Crippen LogP contribution in [0.15, 0.2) is 60.7 Å². The van der Waals surface area contributed by atoms with Crippen LogP contribution < -0.4 is 0 Å². The molecule has 0 saturated carbocycles.